The van der Waals surface area contributed by atoms with Gasteiger partial charge in [-0.25, -0.2) is 4.39 Å². The van der Waals surface area contributed by atoms with Crippen LogP contribution in [0.2, 0.25) is 0 Å². The van der Waals surface area contributed by atoms with E-state index in [4.69, 9.17) is 11.6 Å². The molecule has 0 atom stereocenters. The zero-order chi connectivity index (χ0) is 14.5. The van der Waals surface area contributed by atoms with Crippen molar-refractivity contribution in [1.29, 1.82) is 0 Å². The summed E-state index contributed by atoms with van der Waals surface area (Å²) in [5.41, 5.74) is 2.27. The van der Waals surface area contributed by atoms with Gasteiger partial charge in [0.1, 0.15) is 11.7 Å². The second-order valence-electron chi connectivity index (χ2n) is 4.54. The number of hydrogen-bond acceptors (Lipinski definition) is 1. The highest BCUT2D eigenvalue weighted by Gasteiger charge is 2.16. The number of carbonyl (C=O) groups is 1. The van der Waals surface area contributed by atoms with Gasteiger partial charge in [0.15, 0.2) is 0 Å². The molecule has 104 valence electrons. The van der Waals surface area contributed by atoms with Crippen molar-refractivity contribution in [3.8, 4) is 0 Å². The third kappa shape index (κ3) is 3.36. The molecule has 2 nitrogen and oxygen atoms in total. The number of carbonyl (C=O) groups excluding carboxylic acids is 1. The molecule has 0 aromatic heterocycles. The lowest BCUT2D eigenvalue weighted by Crippen LogP contribution is -2.31. The van der Waals surface area contributed by atoms with Gasteiger partial charge in [-0.2, -0.15) is 0 Å². The Hall–Kier alpha value is -1.87. The normalized spacial score (nSPS) is 10.3. The molecule has 1 amide bonds. The van der Waals surface area contributed by atoms with Crippen LogP contribution in [0.25, 0.3) is 0 Å². The third-order valence-electron chi connectivity index (χ3n) is 3.05. The molecule has 0 unspecified atom stereocenters. The van der Waals surface area contributed by atoms with E-state index in [0.29, 0.717) is 11.3 Å². The minimum atomic E-state index is -0.327. The largest absolute Gasteiger partial charge is 0.307 e. The first kappa shape index (κ1) is 14.5. The Morgan fingerprint density at radius 2 is 1.80 bits per heavy atom. The highest BCUT2D eigenvalue weighted by molar-refractivity contribution is 6.29. The number of hydrogen-bond donors (Lipinski definition) is 0. The summed E-state index contributed by atoms with van der Waals surface area (Å²) < 4.78 is 13.7. The summed E-state index contributed by atoms with van der Waals surface area (Å²) in [6.45, 7) is 2.13. The summed E-state index contributed by atoms with van der Waals surface area (Å²) in [6.07, 6.45) is 0. The first-order chi connectivity index (χ1) is 9.61. The molecule has 0 saturated carbocycles. The van der Waals surface area contributed by atoms with Gasteiger partial charge in [0.2, 0.25) is 5.91 Å². The van der Waals surface area contributed by atoms with Crippen LogP contribution in [0, 0.1) is 12.7 Å². The standard InChI is InChI=1S/C16H15ClFNO/c1-12-6-8-14(9-7-12)19(16(20)10-17)11-13-4-2-3-5-15(13)18/h2-9H,10-11H2,1H3. The number of rotatable bonds is 4. The summed E-state index contributed by atoms with van der Waals surface area (Å²) in [4.78, 5) is 13.5. The van der Waals surface area contributed by atoms with E-state index in [-0.39, 0.29) is 24.1 Å². The number of amides is 1. The van der Waals surface area contributed by atoms with Gasteiger partial charge >= 0.3 is 0 Å². The second-order valence-corrected chi connectivity index (χ2v) is 4.81. The second kappa shape index (κ2) is 6.53. The van der Waals surface area contributed by atoms with Crippen molar-refractivity contribution in [2.75, 3.05) is 10.8 Å². The third-order valence-corrected chi connectivity index (χ3v) is 3.28. The smallest absolute Gasteiger partial charge is 0.242 e. The molecule has 0 bridgehead atoms. The zero-order valence-electron chi connectivity index (χ0n) is 11.1. The minimum Gasteiger partial charge on any atom is -0.307 e. The average molecular weight is 292 g/mol. The van der Waals surface area contributed by atoms with Gasteiger partial charge in [0, 0.05) is 11.3 Å². The maximum Gasteiger partial charge on any atom is 0.242 e. The summed E-state index contributed by atoms with van der Waals surface area (Å²) >= 11 is 5.65. The van der Waals surface area contributed by atoms with Gasteiger partial charge < -0.3 is 4.90 Å². The van der Waals surface area contributed by atoms with Crippen LogP contribution in [0.4, 0.5) is 10.1 Å². The molecule has 0 spiro atoms. The first-order valence-electron chi connectivity index (χ1n) is 6.28. The Balaban J connectivity index is 2.31. The molecule has 0 fully saturated rings. The summed E-state index contributed by atoms with van der Waals surface area (Å²) in [5, 5.41) is 0. The topological polar surface area (TPSA) is 20.3 Å². The van der Waals surface area contributed by atoms with Crippen LogP contribution in [0.1, 0.15) is 11.1 Å². The number of alkyl halides is 1. The molecule has 2 rings (SSSR count). The van der Waals surface area contributed by atoms with E-state index in [1.807, 2.05) is 31.2 Å². The molecule has 20 heavy (non-hydrogen) atoms. The summed E-state index contributed by atoms with van der Waals surface area (Å²) in [5.74, 6) is -0.715. The SMILES string of the molecule is Cc1ccc(N(Cc2ccccc2F)C(=O)CCl)cc1. The lowest BCUT2D eigenvalue weighted by atomic mass is 10.1. The Kier molecular flexibility index (Phi) is 4.74. The lowest BCUT2D eigenvalue weighted by molar-refractivity contribution is -0.116. The summed E-state index contributed by atoms with van der Waals surface area (Å²) in [6, 6.07) is 13.9. The van der Waals surface area contributed by atoms with Crippen molar-refractivity contribution in [2.24, 2.45) is 0 Å². The van der Waals surface area contributed by atoms with Gasteiger partial charge in [-0.05, 0) is 25.1 Å². The van der Waals surface area contributed by atoms with Crippen molar-refractivity contribution in [1.82, 2.24) is 0 Å². The maximum absolute atomic E-state index is 13.7. The predicted molar refractivity (Wildman–Crippen MR) is 79.5 cm³/mol. The molecule has 2 aromatic rings. The molecule has 0 radical (unpaired) electrons. The highest BCUT2D eigenvalue weighted by Crippen LogP contribution is 2.20. The van der Waals surface area contributed by atoms with Crippen LogP contribution in [0.15, 0.2) is 48.5 Å². The van der Waals surface area contributed by atoms with Crippen molar-refractivity contribution < 1.29 is 9.18 Å². The van der Waals surface area contributed by atoms with Crippen LogP contribution >= 0.6 is 11.6 Å². The fourth-order valence-corrected chi connectivity index (χ4v) is 2.06. The number of anilines is 1. The van der Waals surface area contributed by atoms with E-state index in [1.54, 1.807) is 18.2 Å². The van der Waals surface area contributed by atoms with Crippen LogP contribution in [0.5, 0.6) is 0 Å². The van der Waals surface area contributed by atoms with E-state index < -0.39 is 0 Å². The molecule has 4 heteroatoms. The van der Waals surface area contributed by atoms with Gasteiger partial charge in [-0.1, -0.05) is 35.9 Å². The highest BCUT2D eigenvalue weighted by atomic mass is 35.5. The van der Waals surface area contributed by atoms with Crippen LogP contribution in [-0.2, 0) is 11.3 Å². The number of benzene rings is 2. The molecular weight excluding hydrogens is 277 g/mol. The maximum atomic E-state index is 13.7. The molecule has 2 aromatic carbocycles. The molecule has 0 aliphatic heterocycles. The molecule has 0 saturated heterocycles. The lowest BCUT2D eigenvalue weighted by Gasteiger charge is -2.22. The van der Waals surface area contributed by atoms with Crippen LogP contribution < -0.4 is 4.90 Å². The molecule has 0 heterocycles. The van der Waals surface area contributed by atoms with E-state index in [9.17, 15) is 9.18 Å². The van der Waals surface area contributed by atoms with Gasteiger partial charge in [0.25, 0.3) is 0 Å². The van der Waals surface area contributed by atoms with E-state index >= 15 is 0 Å². The average Bonchev–Trinajstić information content (AvgIpc) is 2.47. The number of halogens is 2. The van der Waals surface area contributed by atoms with Crippen molar-refractivity contribution in [3.63, 3.8) is 0 Å². The zero-order valence-corrected chi connectivity index (χ0v) is 11.9. The Morgan fingerprint density at radius 3 is 2.40 bits per heavy atom. The van der Waals surface area contributed by atoms with E-state index in [2.05, 4.69) is 0 Å². The molecule has 0 aliphatic rings. The van der Waals surface area contributed by atoms with E-state index in [1.165, 1.54) is 11.0 Å². The van der Waals surface area contributed by atoms with Crippen molar-refractivity contribution in [2.45, 2.75) is 13.5 Å². The Labute approximate surface area is 122 Å². The van der Waals surface area contributed by atoms with Gasteiger partial charge in [-0.3, -0.25) is 4.79 Å². The number of nitrogens with zero attached hydrogens (tertiary/aromatic N) is 1. The predicted octanol–water partition coefficient (Wildman–Crippen LogP) is 3.91. The number of aryl methyl sites for hydroxylation is 1. The minimum absolute atomic E-state index is 0.137. The van der Waals surface area contributed by atoms with Crippen molar-refractivity contribution >= 4 is 23.2 Å². The first-order valence-corrected chi connectivity index (χ1v) is 6.81. The van der Waals surface area contributed by atoms with Crippen molar-refractivity contribution in [3.05, 3.63) is 65.5 Å². The van der Waals surface area contributed by atoms with Crippen LogP contribution in [0.3, 0.4) is 0 Å². The Bertz CT molecular complexity index is 598. The van der Waals surface area contributed by atoms with Crippen LogP contribution in [-0.4, -0.2) is 11.8 Å². The Morgan fingerprint density at radius 1 is 1.15 bits per heavy atom. The fourth-order valence-electron chi connectivity index (χ4n) is 1.92. The van der Waals surface area contributed by atoms with Gasteiger partial charge in [-0.15, -0.1) is 11.6 Å². The van der Waals surface area contributed by atoms with Gasteiger partial charge in [0.05, 0.1) is 6.54 Å². The summed E-state index contributed by atoms with van der Waals surface area (Å²) in [7, 11) is 0. The molecule has 0 aliphatic carbocycles. The fraction of sp³-hybridized carbons (Fsp3) is 0.188. The van der Waals surface area contributed by atoms with E-state index in [0.717, 1.165) is 5.56 Å². The molecule has 0 N–H and O–H groups in total. The monoisotopic (exact) mass is 291 g/mol. The quantitative estimate of drug-likeness (QED) is 0.782. The molecular formula is C16H15ClFNO.